The van der Waals surface area contributed by atoms with E-state index in [1.807, 2.05) is 0 Å². The number of imidazole rings is 2. The number of nitrogens with zero attached hydrogens (tertiary/aromatic N) is 5. The van der Waals surface area contributed by atoms with Gasteiger partial charge < -0.3 is 23.8 Å². The summed E-state index contributed by atoms with van der Waals surface area (Å²) in [6, 6.07) is 0. The summed E-state index contributed by atoms with van der Waals surface area (Å²) in [7, 11) is 0.156. The fourth-order valence-corrected chi connectivity index (χ4v) is 6.26. The summed E-state index contributed by atoms with van der Waals surface area (Å²) in [4.78, 5) is 0. The zero-order valence-electron chi connectivity index (χ0n) is 46.7. The van der Waals surface area contributed by atoms with Gasteiger partial charge in [-0.05, 0) is 25.7 Å². The first-order valence-corrected chi connectivity index (χ1v) is 26.9. The van der Waals surface area contributed by atoms with Crippen molar-refractivity contribution in [2.24, 2.45) is 0 Å². The van der Waals surface area contributed by atoms with Crippen LogP contribution < -0.4 is 38.5 Å². The molecule has 2 aromatic heterocycles. The van der Waals surface area contributed by atoms with Crippen LogP contribution in [-0.4, -0.2) is 68.1 Å². The molecule has 0 aliphatic heterocycles. The van der Waals surface area contributed by atoms with Crippen molar-refractivity contribution in [3.05, 3.63) is 43.8 Å². The SMILES string of the molecule is CCCC.CCCC.CCCC.CCCC.CCCC[N+](CCCC)(CCCC)CCCC.CC[BH2-][n+]1ccn([BH-](C)CC)c1.[CH2+][BH-](CC)n1cc[n+]([BH2-]CC)c1C.[H-].[Na+]. The van der Waals surface area contributed by atoms with E-state index in [0.717, 1.165) is 0 Å². The Kier molecular flexibility index (Phi) is 66.1. The fraction of sp³-hybridized carbons (Fsp3) is 0.857. The second-order valence-electron chi connectivity index (χ2n) is 18.1. The van der Waals surface area contributed by atoms with Crippen molar-refractivity contribution in [3.8, 4) is 0 Å². The van der Waals surface area contributed by atoms with Gasteiger partial charge in [-0.25, -0.2) is 0 Å². The van der Waals surface area contributed by atoms with Gasteiger partial charge in [-0.15, -0.1) is 19.0 Å². The van der Waals surface area contributed by atoms with Gasteiger partial charge in [0.1, 0.15) is 6.33 Å². The normalized spacial score (nSPS) is 11.1. The molecule has 59 heavy (non-hydrogen) atoms. The van der Waals surface area contributed by atoms with Gasteiger partial charge in [0.05, 0.1) is 51.0 Å². The molecule has 0 amide bonds. The molecular formula is C49H116B4N5Na. The van der Waals surface area contributed by atoms with Gasteiger partial charge in [-0.3, -0.25) is 0 Å². The summed E-state index contributed by atoms with van der Waals surface area (Å²) in [6.07, 6.45) is 37.9. The Labute approximate surface area is 401 Å². The molecule has 0 aromatic carbocycles. The molecule has 0 spiro atoms. The summed E-state index contributed by atoms with van der Waals surface area (Å²) in [5.74, 6) is 1.40. The van der Waals surface area contributed by atoms with Crippen LogP contribution in [0.5, 0.6) is 0 Å². The molecule has 2 atom stereocenters. The minimum absolute atomic E-state index is 0. The van der Waals surface area contributed by atoms with Crippen LogP contribution in [0.25, 0.3) is 0 Å². The average molecular weight is 842 g/mol. The Hall–Kier alpha value is -0.490. The van der Waals surface area contributed by atoms with Gasteiger partial charge in [0, 0.05) is 6.92 Å². The van der Waals surface area contributed by atoms with E-state index in [-0.39, 0.29) is 52.7 Å². The fourth-order valence-electron chi connectivity index (χ4n) is 6.26. The van der Waals surface area contributed by atoms with E-state index < -0.39 is 6.85 Å². The van der Waals surface area contributed by atoms with E-state index in [4.69, 9.17) is 0 Å². The third-order valence-electron chi connectivity index (χ3n) is 11.9. The van der Waals surface area contributed by atoms with Gasteiger partial charge in [0.15, 0.2) is 27.5 Å². The molecule has 0 bridgehead atoms. The van der Waals surface area contributed by atoms with Crippen LogP contribution in [-0.2, 0) is 0 Å². The van der Waals surface area contributed by atoms with Crippen molar-refractivity contribution in [2.45, 2.75) is 253 Å². The molecule has 2 aromatic rings. The Morgan fingerprint density at radius 2 is 0.932 bits per heavy atom. The van der Waals surface area contributed by atoms with E-state index in [1.54, 1.807) is 0 Å². The maximum atomic E-state index is 4.21. The van der Waals surface area contributed by atoms with Crippen LogP contribution in [0, 0.1) is 13.7 Å². The molecule has 2 heterocycles. The summed E-state index contributed by atoms with van der Waals surface area (Å²) >= 11 is 0. The van der Waals surface area contributed by atoms with Crippen molar-refractivity contribution in [1.82, 2.24) is 8.96 Å². The van der Waals surface area contributed by atoms with Gasteiger partial charge in [-0.2, -0.15) is 6.82 Å². The van der Waals surface area contributed by atoms with E-state index in [9.17, 15) is 0 Å². The van der Waals surface area contributed by atoms with Crippen LogP contribution in [0.3, 0.4) is 0 Å². The van der Waals surface area contributed by atoms with Gasteiger partial charge in [-0.1, -0.05) is 201 Å². The first kappa shape index (κ1) is 70.2. The van der Waals surface area contributed by atoms with Crippen LogP contribution in [0.1, 0.15) is 221 Å². The van der Waals surface area contributed by atoms with Gasteiger partial charge in [0.25, 0.3) is 0 Å². The molecule has 0 fully saturated rings. The molecule has 0 aliphatic rings. The Morgan fingerprint density at radius 1 is 0.559 bits per heavy atom. The predicted molar refractivity (Wildman–Crippen MR) is 283 cm³/mol. The minimum atomic E-state index is -0.393. The Balaban J connectivity index is -0.000000118. The third kappa shape index (κ3) is 43.9. The van der Waals surface area contributed by atoms with Gasteiger partial charge in [0.2, 0.25) is 0 Å². The number of quaternary nitrogens is 1. The number of hydrogen-bond acceptors (Lipinski definition) is 0. The number of rotatable bonds is 24. The summed E-state index contributed by atoms with van der Waals surface area (Å²) in [5, 5.41) is 0. The van der Waals surface area contributed by atoms with Crippen molar-refractivity contribution in [3.63, 3.8) is 0 Å². The summed E-state index contributed by atoms with van der Waals surface area (Å²) in [5.41, 5.74) is 0. The second kappa shape index (κ2) is 55.5. The van der Waals surface area contributed by atoms with Crippen molar-refractivity contribution < 1.29 is 44.4 Å². The van der Waals surface area contributed by atoms with Crippen molar-refractivity contribution in [1.29, 1.82) is 0 Å². The molecular weight excluding hydrogens is 725 g/mol. The van der Waals surface area contributed by atoms with Crippen molar-refractivity contribution in [2.75, 3.05) is 26.2 Å². The molecule has 5 nitrogen and oxygen atoms in total. The molecule has 0 aliphatic carbocycles. The van der Waals surface area contributed by atoms with Crippen LogP contribution in [0.4, 0.5) is 0 Å². The standard InChI is InChI=1S/C16H36N.C9H20B2N2.C8H19B2N2.4C4H10.Na.H/c1-5-9-13-17(14-10-6-2,15-11-7-3)16-12-8-4;1-5-10-12-7-8-13(9(12)3)11(4)6-2;1-4-9-11-6-7-12(8-11)10(3)5-2;4*1-3-4-2;;/h5-16H2,1-4H3;7-8,11H,4-6,10H2,1-3H3;6-8,10H,4-5,9H2,1-3H3;4*3-4H2,1-2H3;;/q+1;;-1;;;;;+1;-1. The maximum Gasteiger partial charge on any atom is 1.00 e. The first-order valence-electron chi connectivity index (χ1n) is 26.9. The molecule has 0 radical (unpaired) electrons. The smallest absolute Gasteiger partial charge is 1.00 e. The summed E-state index contributed by atoms with van der Waals surface area (Å²) < 4.78 is 11.0. The zero-order valence-corrected chi connectivity index (χ0v) is 47.7. The molecule has 350 valence electrons. The quantitative estimate of drug-likeness (QED) is 0.0570. The Morgan fingerprint density at radius 3 is 1.22 bits per heavy atom. The minimum Gasteiger partial charge on any atom is -1.00 e. The molecule has 0 saturated carbocycles. The maximum absolute atomic E-state index is 4.21. The molecule has 10 heteroatoms. The first-order chi connectivity index (χ1) is 27.9. The average Bonchev–Trinajstić information content (AvgIpc) is 3.89. The Bertz CT molecular complexity index is 966. The van der Waals surface area contributed by atoms with E-state index in [0.29, 0.717) is 0 Å². The molecule has 0 saturated heterocycles. The number of unbranched alkanes of at least 4 members (excludes halogenated alkanes) is 8. The molecule has 2 rings (SSSR count). The summed E-state index contributed by atoms with van der Waals surface area (Å²) in [6.45, 7) is 49.7. The third-order valence-corrected chi connectivity index (χ3v) is 11.9. The monoisotopic (exact) mass is 842 g/mol. The van der Waals surface area contributed by atoms with Crippen LogP contribution >= 0.6 is 0 Å². The van der Waals surface area contributed by atoms with Crippen molar-refractivity contribution >= 4 is 28.5 Å². The number of hydrogen-bond donors (Lipinski definition) is 0. The topological polar surface area (TPSA) is 17.6 Å². The zero-order chi connectivity index (χ0) is 45.5. The van der Waals surface area contributed by atoms with Crippen LogP contribution in [0.15, 0.2) is 31.1 Å². The predicted octanol–water partition coefficient (Wildman–Crippen LogP) is 10.1. The largest absolute Gasteiger partial charge is 1.00 e. The second-order valence-corrected chi connectivity index (χ2v) is 18.1. The van der Waals surface area contributed by atoms with Gasteiger partial charge >= 0.3 is 36.4 Å². The molecule has 2 unspecified atom stereocenters. The van der Waals surface area contributed by atoms with Crippen LogP contribution in [0.2, 0.25) is 32.1 Å². The van der Waals surface area contributed by atoms with E-state index in [2.05, 4.69) is 180 Å². The van der Waals surface area contributed by atoms with E-state index >= 15 is 0 Å². The van der Waals surface area contributed by atoms with E-state index in [1.165, 1.54) is 165 Å². The number of aromatic nitrogens is 4. The molecule has 0 N–H and O–H groups in total.